The molecule has 1 aliphatic heterocycles. The summed E-state index contributed by atoms with van der Waals surface area (Å²) in [5.41, 5.74) is 5.65. The third-order valence-electron chi connectivity index (χ3n) is 3.66. The molecule has 1 aromatic rings. The molecule has 0 radical (unpaired) electrons. The zero-order chi connectivity index (χ0) is 13.0. The van der Waals surface area contributed by atoms with Gasteiger partial charge < -0.3 is 4.74 Å². The highest BCUT2D eigenvalue weighted by Crippen LogP contribution is 2.31. The normalized spacial score (nSPS) is 20.8. The maximum atomic E-state index is 5.95. The van der Waals surface area contributed by atoms with Crippen LogP contribution in [-0.2, 0) is 11.2 Å². The summed E-state index contributed by atoms with van der Waals surface area (Å²) in [5.74, 6) is 6.41. The summed E-state index contributed by atoms with van der Waals surface area (Å²) in [5, 5.41) is 0. The summed E-state index contributed by atoms with van der Waals surface area (Å²) in [6.07, 6.45) is 3.32. The van der Waals surface area contributed by atoms with Crippen molar-refractivity contribution in [1.82, 2.24) is 5.43 Å². The summed E-state index contributed by atoms with van der Waals surface area (Å²) in [7, 11) is 0. The zero-order valence-corrected chi connectivity index (χ0v) is 11.4. The molecule has 0 bridgehead atoms. The summed E-state index contributed by atoms with van der Waals surface area (Å²) >= 11 is 0. The minimum absolute atomic E-state index is 0.0960. The fraction of sp³-hybridized carbons (Fsp3) is 0.600. The maximum Gasteiger partial charge on any atom is 0.0994 e. The monoisotopic (exact) mass is 248 g/mol. The van der Waals surface area contributed by atoms with Crippen LogP contribution in [0.15, 0.2) is 24.3 Å². The predicted molar refractivity (Wildman–Crippen MR) is 74.0 cm³/mol. The van der Waals surface area contributed by atoms with Gasteiger partial charge in [0.25, 0.3) is 0 Å². The molecule has 0 aliphatic carbocycles. The number of hydrazine groups is 1. The molecule has 1 aliphatic rings. The molecule has 3 nitrogen and oxygen atoms in total. The van der Waals surface area contributed by atoms with Gasteiger partial charge in [-0.3, -0.25) is 11.3 Å². The number of ether oxygens (including phenoxy) is 1. The SMILES string of the molecule is CC(C)CCC(NN)C1OCCc2ccccc21. The second kappa shape index (κ2) is 6.32. The van der Waals surface area contributed by atoms with Crippen LogP contribution in [0, 0.1) is 5.92 Å². The van der Waals surface area contributed by atoms with Gasteiger partial charge in [0.2, 0.25) is 0 Å². The molecule has 3 heteroatoms. The number of benzene rings is 1. The van der Waals surface area contributed by atoms with Crippen molar-refractivity contribution < 1.29 is 4.74 Å². The van der Waals surface area contributed by atoms with E-state index in [0.29, 0.717) is 5.92 Å². The van der Waals surface area contributed by atoms with E-state index in [-0.39, 0.29) is 12.1 Å². The van der Waals surface area contributed by atoms with Crippen LogP contribution in [0.1, 0.15) is 43.9 Å². The van der Waals surface area contributed by atoms with Crippen LogP contribution < -0.4 is 11.3 Å². The first-order valence-corrected chi connectivity index (χ1v) is 6.88. The Labute approximate surface area is 110 Å². The van der Waals surface area contributed by atoms with Gasteiger partial charge in [-0.15, -0.1) is 0 Å². The largest absolute Gasteiger partial charge is 0.371 e. The first-order chi connectivity index (χ1) is 8.72. The van der Waals surface area contributed by atoms with Gasteiger partial charge in [-0.25, -0.2) is 0 Å². The van der Waals surface area contributed by atoms with Crippen molar-refractivity contribution in [2.75, 3.05) is 6.61 Å². The number of hydrogen-bond donors (Lipinski definition) is 2. The summed E-state index contributed by atoms with van der Waals surface area (Å²) in [6, 6.07) is 8.74. The molecule has 0 amide bonds. The van der Waals surface area contributed by atoms with E-state index >= 15 is 0 Å². The molecule has 2 atom stereocenters. The Bertz CT molecular complexity index is 379. The van der Waals surface area contributed by atoms with Crippen molar-refractivity contribution in [2.24, 2.45) is 11.8 Å². The average Bonchev–Trinajstić information content (AvgIpc) is 2.39. The lowest BCUT2D eigenvalue weighted by Gasteiger charge is -2.32. The van der Waals surface area contributed by atoms with Gasteiger partial charge >= 0.3 is 0 Å². The van der Waals surface area contributed by atoms with Gasteiger partial charge in [0.15, 0.2) is 0 Å². The van der Waals surface area contributed by atoms with Gasteiger partial charge in [-0.1, -0.05) is 38.1 Å². The smallest absolute Gasteiger partial charge is 0.0994 e. The second-order valence-corrected chi connectivity index (χ2v) is 5.48. The van der Waals surface area contributed by atoms with Crippen LogP contribution in [0.3, 0.4) is 0 Å². The van der Waals surface area contributed by atoms with Gasteiger partial charge in [-0.05, 0) is 36.3 Å². The van der Waals surface area contributed by atoms with E-state index < -0.39 is 0 Å². The number of rotatable bonds is 5. The summed E-state index contributed by atoms with van der Waals surface area (Å²) < 4.78 is 5.95. The second-order valence-electron chi connectivity index (χ2n) is 5.48. The van der Waals surface area contributed by atoms with E-state index in [9.17, 15) is 0 Å². The van der Waals surface area contributed by atoms with Crippen LogP contribution in [0.25, 0.3) is 0 Å². The lowest BCUT2D eigenvalue weighted by molar-refractivity contribution is 0.0121. The third kappa shape index (κ3) is 3.10. The molecule has 0 fully saturated rings. The molecule has 1 heterocycles. The number of nitrogens with one attached hydrogen (secondary N) is 1. The lowest BCUT2D eigenvalue weighted by atomic mass is 9.90. The Hall–Kier alpha value is -0.900. The van der Waals surface area contributed by atoms with E-state index in [4.69, 9.17) is 10.6 Å². The number of fused-ring (bicyclic) bond motifs is 1. The van der Waals surface area contributed by atoms with Crippen molar-refractivity contribution in [3.63, 3.8) is 0 Å². The minimum Gasteiger partial charge on any atom is -0.371 e. The van der Waals surface area contributed by atoms with E-state index in [2.05, 4.69) is 43.5 Å². The van der Waals surface area contributed by atoms with Crippen LogP contribution in [0.5, 0.6) is 0 Å². The topological polar surface area (TPSA) is 47.3 Å². The van der Waals surface area contributed by atoms with Crippen LogP contribution in [0.2, 0.25) is 0 Å². The summed E-state index contributed by atoms with van der Waals surface area (Å²) in [4.78, 5) is 0. The molecule has 0 aromatic heterocycles. The van der Waals surface area contributed by atoms with E-state index in [1.54, 1.807) is 0 Å². The molecule has 3 N–H and O–H groups in total. The number of hydrogen-bond acceptors (Lipinski definition) is 3. The first kappa shape index (κ1) is 13.5. The molecule has 1 aromatic carbocycles. The van der Waals surface area contributed by atoms with E-state index in [1.165, 1.54) is 11.1 Å². The Kier molecular flexibility index (Phi) is 4.75. The van der Waals surface area contributed by atoms with Crippen LogP contribution in [-0.4, -0.2) is 12.6 Å². The summed E-state index contributed by atoms with van der Waals surface area (Å²) in [6.45, 7) is 5.27. The van der Waals surface area contributed by atoms with Gasteiger partial charge in [-0.2, -0.15) is 0 Å². The van der Waals surface area contributed by atoms with Crippen molar-refractivity contribution >= 4 is 0 Å². The molecular formula is C15H24N2O. The van der Waals surface area contributed by atoms with Gasteiger partial charge in [0.05, 0.1) is 18.8 Å². The lowest BCUT2D eigenvalue weighted by Crippen LogP contribution is -2.42. The van der Waals surface area contributed by atoms with Crippen LogP contribution in [0.4, 0.5) is 0 Å². The third-order valence-corrected chi connectivity index (χ3v) is 3.66. The molecule has 18 heavy (non-hydrogen) atoms. The van der Waals surface area contributed by atoms with E-state index in [1.807, 2.05) is 0 Å². The van der Waals surface area contributed by atoms with E-state index in [0.717, 1.165) is 25.9 Å². The zero-order valence-electron chi connectivity index (χ0n) is 11.4. The molecule has 0 spiro atoms. The Morgan fingerprint density at radius 2 is 2.11 bits per heavy atom. The maximum absolute atomic E-state index is 5.95. The molecule has 100 valence electrons. The Morgan fingerprint density at radius 1 is 1.33 bits per heavy atom. The standard InChI is InChI=1S/C15H24N2O/c1-11(2)7-8-14(17-16)15-13-6-4-3-5-12(13)9-10-18-15/h3-6,11,14-15,17H,7-10,16H2,1-2H3. The first-order valence-electron chi connectivity index (χ1n) is 6.88. The molecule has 2 unspecified atom stereocenters. The van der Waals surface area contributed by atoms with Crippen molar-refractivity contribution in [3.8, 4) is 0 Å². The van der Waals surface area contributed by atoms with Crippen molar-refractivity contribution in [2.45, 2.75) is 45.3 Å². The van der Waals surface area contributed by atoms with Gasteiger partial charge in [0.1, 0.15) is 0 Å². The Balaban J connectivity index is 2.12. The number of nitrogens with two attached hydrogens (primary N) is 1. The minimum atomic E-state index is 0.0960. The predicted octanol–water partition coefficient (Wildman–Crippen LogP) is 2.57. The highest BCUT2D eigenvalue weighted by Gasteiger charge is 2.27. The molecule has 0 saturated carbocycles. The highest BCUT2D eigenvalue weighted by atomic mass is 16.5. The average molecular weight is 248 g/mol. The Morgan fingerprint density at radius 3 is 2.83 bits per heavy atom. The molecule has 2 rings (SSSR count). The fourth-order valence-electron chi connectivity index (χ4n) is 2.59. The van der Waals surface area contributed by atoms with Crippen molar-refractivity contribution in [3.05, 3.63) is 35.4 Å². The van der Waals surface area contributed by atoms with Crippen molar-refractivity contribution in [1.29, 1.82) is 0 Å². The van der Waals surface area contributed by atoms with Crippen LogP contribution >= 0.6 is 0 Å². The fourth-order valence-corrected chi connectivity index (χ4v) is 2.59. The highest BCUT2D eigenvalue weighted by molar-refractivity contribution is 5.31. The molecular weight excluding hydrogens is 224 g/mol. The van der Waals surface area contributed by atoms with Gasteiger partial charge in [0, 0.05) is 0 Å². The molecule has 0 saturated heterocycles. The quantitative estimate of drug-likeness (QED) is 0.622.